The van der Waals surface area contributed by atoms with Crippen LogP contribution >= 0.6 is 23.1 Å². The molecule has 24 heavy (non-hydrogen) atoms. The minimum Gasteiger partial charge on any atom is -0.326 e. The van der Waals surface area contributed by atoms with Gasteiger partial charge < -0.3 is 5.32 Å². The second-order valence-electron chi connectivity index (χ2n) is 4.98. The lowest BCUT2D eigenvalue weighted by Crippen LogP contribution is -2.15. The number of benzene rings is 2. The van der Waals surface area contributed by atoms with Gasteiger partial charge in [0.05, 0.1) is 21.6 Å². The Bertz CT molecular complexity index is 924. The van der Waals surface area contributed by atoms with Crippen LogP contribution in [0.15, 0.2) is 46.8 Å². The molecule has 3 aromatic rings. The van der Waals surface area contributed by atoms with Gasteiger partial charge >= 0.3 is 0 Å². The van der Waals surface area contributed by atoms with Gasteiger partial charge in [-0.25, -0.2) is 4.98 Å². The van der Waals surface area contributed by atoms with Crippen molar-refractivity contribution in [3.8, 4) is 0 Å². The molecule has 0 radical (unpaired) electrons. The van der Waals surface area contributed by atoms with Crippen LogP contribution in [-0.4, -0.2) is 22.1 Å². The maximum absolute atomic E-state index is 12.2. The number of rotatable bonds is 5. The molecule has 2 aromatic carbocycles. The average Bonchev–Trinajstić information content (AvgIpc) is 2.97. The van der Waals surface area contributed by atoms with Gasteiger partial charge in [-0.3, -0.25) is 14.9 Å². The molecule has 0 spiro atoms. The number of hydrogen-bond acceptors (Lipinski definition) is 6. The molecular formula is C16H13N3O3S2. The molecule has 1 N–H and O–H groups in total. The van der Waals surface area contributed by atoms with E-state index in [0.29, 0.717) is 11.3 Å². The number of nitrogens with one attached hydrogen (secondary N) is 1. The van der Waals surface area contributed by atoms with Crippen LogP contribution in [0.25, 0.3) is 10.2 Å². The van der Waals surface area contributed by atoms with Crippen molar-refractivity contribution in [2.75, 3.05) is 11.6 Å². The molecule has 1 heterocycles. The normalized spacial score (nSPS) is 10.7. The molecule has 0 atom stereocenters. The fourth-order valence-electron chi connectivity index (χ4n) is 2.29. The monoisotopic (exact) mass is 359 g/mol. The summed E-state index contributed by atoms with van der Waals surface area (Å²) in [6.07, 6.45) is 1.92. The number of thioether (sulfide) groups is 1. The summed E-state index contributed by atoms with van der Waals surface area (Å²) in [4.78, 5) is 27.2. The lowest BCUT2D eigenvalue weighted by Gasteiger charge is -2.06. The largest absolute Gasteiger partial charge is 0.326 e. The Kier molecular flexibility index (Phi) is 4.77. The number of carbonyl (C=O) groups excluding carboxylic acids is 1. The number of nitrogens with zero attached hydrogens (tertiary/aromatic N) is 2. The van der Waals surface area contributed by atoms with Gasteiger partial charge in [0.15, 0.2) is 4.34 Å². The van der Waals surface area contributed by atoms with Crippen LogP contribution in [0.2, 0.25) is 0 Å². The maximum atomic E-state index is 12.2. The Morgan fingerprint density at radius 3 is 2.88 bits per heavy atom. The van der Waals surface area contributed by atoms with Gasteiger partial charge in [0.25, 0.3) is 5.69 Å². The summed E-state index contributed by atoms with van der Waals surface area (Å²) >= 11 is 3.14. The van der Waals surface area contributed by atoms with Crippen molar-refractivity contribution in [2.24, 2.45) is 0 Å². The zero-order chi connectivity index (χ0) is 17.1. The van der Waals surface area contributed by atoms with Gasteiger partial charge in [0.1, 0.15) is 0 Å². The van der Waals surface area contributed by atoms with E-state index in [1.807, 2.05) is 18.4 Å². The molecule has 0 saturated carbocycles. The standard InChI is InChI=1S/C16H13N3O3S2/c1-23-16-18-12-7-6-11(9-14(12)24-16)17-15(20)8-10-4-2-3-5-13(10)19(21)22/h2-7,9H,8H2,1H3,(H,17,20). The number of fused-ring (bicyclic) bond motifs is 1. The number of nitro benzene ring substituents is 1. The number of nitro groups is 1. The third-order valence-corrected chi connectivity index (χ3v) is 5.37. The molecule has 1 aromatic heterocycles. The summed E-state index contributed by atoms with van der Waals surface area (Å²) in [7, 11) is 0. The second-order valence-corrected chi connectivity index (χ2v) is 7.06. The summed E-state index contributed by atoms with van der Waals surface area (Å²) < 4.78 is 1.95. The minimum absolute atomic E-state index is 0.0461. The molecule has 0 saturated heterocycles. The van der Waals surface area contributed by atoms with Crippen molar-refractivity contribution >= 4 is 50.6 Å². The lowest BCUT2D eigenvalue weighted by atomic mass is 10.1. The van der Waals surface area contributed by atoms with Crippen LogP contribution in [0, 0.1) is 10.1 Å². The molecule has 122 valence electrons. The van der Waals surface area contributed by atoms with Gasteiger partial charge in [0.2, 0.25) is 5.91 Å². The number of thiazole rings is 1. The lowest BCUT2D eigenvalue weighted by molar-refractivity contribution is -0.385. The first kappa shape index (κ1) is 16.4. The van der Waals surface area contributed by atoms with E-state index in [1.54, 1.807) is 47.4 Å². The Morgan fingerprint density at radius 1 is 1.33 bits per heavy atom. The van der Waals surface area contributed by atoms with Crippen LogP contribution in [0.5, 0.6) is 0 Å². The first-order valence-corrected chi connectivity index (χ1v) is 9.07. The zero-order valence-corrected chi connectivity index (χ0v) is 14.3. The number of carbonyl (C=O) groups is 1. The number of aromatic nitrogens is 1. The van der Waals surface area contributed by atoms with Gasteiger partial charge in [0, 0.05) is 17.3 Å². The van der Waals surface area contributed by atoms with Crippen molar-refractivity contribution in [3.63, 3.8) is 0 Å². The Morgan fingerprint density at radius 2 is 2.12 bits per heavy atom. The summed E-state index contributed by atoms with van der Waals surface area (Å²) in [5.41, 5.74) is 1.89. The van der Waals surface area contributed by atoms with E-state index in [1.165, 1.54) is 6.07 Å². The SMILES string of the molecule is CSc1nc2ccc(NC(=O)Cc3ccccc3[N+](=O)[O-])cc2s1. The molecule has 3 rings (SSSR count). The molecule has 6 nitrogen and oxygen atoms in total. The molecule has 0 fully saturated rings. The van der Waals surface area contributed by atoms with Gasteiger partial charge in [-0.15, -0.1) is 11.3 Å². The van der Waals surface area contributed by atoms with E-state index in [-0.39, 0.29) is 18.0 Å². The molecule has 0 aliphatic heterocycles. The van der Waals surface area contributed by atoms with E-state index in [9.17, 15) is 14.9 Å². The van der Waals surface area contributed by atoms with Crippen molar-refractivity contribution in [2.45, 2.75) is 10.8 Å². The highest BCUT2D eigenvalue weighted by Crippen LogP contribution is 2.30. The highest BCUT2D eigenvalue weighted by molar-refractivity contribution is 8.00. The van der Waals surface area contributed by atoms with Crippen LogP contribution in [0.4, 0.5) is 11.4 Å². The maximum Gasteiger partial charge on any atom is 0.273 e. The van der Waals surface area contributed by atoms with Crippen molar-refractivity contribution < 1.29 is 9.72 Å². The fraction of sp³-hybridized carbons (Fsp3) is 0.125. The van der Waals surface area contributed by atoms with E-state index in [4.69, 9.17) is 0 Å². The molecule has 0 aliphatic carbocycles. The first-order valence-electron chi connectivity index (χ1n) is 7.03. The minimum atomic E-state index is -0.476. The summed E-state index contributed by atoms with van der Waals surface area (Å²) in [6, 6.07) is 11.8. The highest BCUT2D eigenvalue weighted by Gasteiger charge is 2.15. The molecule has 0 unspecified atom stereocenters. The predicted molar refractivity (Wildman–Crippen MR) is 96.8 cm³/mol. The van der Waals surface area contributed by atoms with Crippen LogP contribution in [-0.2, 0) is 11.2 Å². The summed E-state index contributed by atoms with van der Waals surface area (Å²) in [6.45, 7) is 0. The molecular weight excluding hydrogens is 346 g/mol. The number of anilines is 1. The van der Waals surface area contributed by atoms with Gasteiger partial charge in [-0.05, 0) is 24.5 Å². The molecule has 0 bridgehead atoms. The number of amides is 1. The van der Waals surface area contributed by atoms with Gasteiger partial charge in [-0.1, -0.05) is 30.0 Å². The Balaban J connectivity index is 1.76. The van der Waals surface area contributed by atoms with E-state index in [0.717, 1.165) is 14.6 Å². The quantitative estimate of drug-likeness (QED) is 0.421. The van der Waals surface area contributed by atoms with E-state index < -0.39 is 4.92 Å². The fourth-order valence-corrected chi connectivity index (χ4v) is 3.81. The number of para-hydroxylation sites is 1. The molecule has 8 heteroatoms. The van der Waals surface area contributed by atoms with Crippen LogP contribution < -0.4 is 5.32 Å². The van der Waals surface area contributed by atoms with Crippen molar-refractivity contribution in [3.05, 3.63) is 58.1 Å². The second kappa shape index (κ2) is 6.98. The highest BCUT2D eigenvalue weighted by atomic mass is 32.2. The van der Waals surface area contributed by atoms with Crippen LogP contribution in [0.3, 0.4) is 0 Å². The summed E-state index contributed by atoms with van der Waals surface area (Å²) in [5, 5.41) is 13.8. The Hall–Kier alpha value is -2.45. The van der Waals surface area contributed by atoms with E-state index in [2.05, 4.69) is 10.3 Å². The number of hydrogen-bond donors (Lipinski definition) is 1. The summed E-state index contributed by atoms with van der Waals surface area (Å²) in [5.74, 6) is -0.293. The van der Waals surface area contributed by atoms with Crippen molar-refractivity contribution in [1.29, 1.82) is 0 Å². The smallest absolute Gasteiger partial charge is 0.273 e. The first-order chi connectivity index (χ1) is 11.6. The third-order valence-electron chi connectivity index (χ3n) is 3.37. The van der Waals surface area contributed by atoms with Crippen LogP contribution in [0.1, 0.15) is 5.56 Å². The van der Waals surface area contributed by atoms with E-state index >= 15 is 0 Å². The Labute approximate surface area is 146 Å². The molecule has 0 aliphatic rings. The topological polar surface area (TPSA) is 85.1 Å². The molecule has 1 amide bonds. The predicted octanol–water partition coefficient (Wildman–Crippen LogP) is 4.11. The average molecular weight is 359 g/mol. The third kappa shape index (κ3) is 3.55. The van der Waals surface area contributed by atoms with Crippen molar-refractivity contribution in [1.82, 2.24) is 4.98 Å². The van der Waals surface area contributed by atoms with Gasteiger partial charge in [-0.2, -0.15) is 0 Å². The zero-order valence-electron chi connectivity index (χ0n) is 12.7.